The first-order valence-electron chi connectivity index (χ1n) is 8.25. The monoisotopic (exact) mass is 346 g/mol. The van der Waals surface area contributed by atoms with Crippen molar-refractivity contribution in [2.45, 2.75) is 31.7 Å². The first-order valence-corrected chi connectivity index (χ1v) is 8.25. The largest absolute Gasteiger partial charge is 0.352 e. The number of aromatic amines is 1. The molecule has 0 aliphatic carbocycles. The molecular formula is C18H17F3N4. The number of H-pyrrole nitrogens is 1. The number of hydrogen-bond donors (Lipinski definition) is 2. The van der Waals surface area contributed by atoms with E-state index < -0.39 is 17.5 Å². The van der Waals surface area contributed by atoms with E-state index in [2.05, 4.69) is 27.2 Å². The Hall–Kier alpha value is -2.41. The van der Waals surface area contributed by atoms with Gasteiger partial charge >= 0.3 is 0 Å². The fraction of sp³-hybridized carbons (Fsp3) is 0.333. The van der Waals surface area contributed by atoms with Gasteiger partial charge in [-0.15, -0.1) is 0 Å². The minimum atomic E-state index is -1.47. The highest BCUT2D eigenvalue weighted by Gasteiger charge is 2.22. The second kappa shape index (κ2) is 6.15. The maximum absolute atomic E-state index is 13.5. The average molecular weight is 346 g/mol. The zero-order valence-electron chi connectivity index (χ0n) is 13.6. The lowest BCUT2D eigenvalue weighted by molar-refractivity contribution is 0.371. The summed E-state index contributed by atoms with van der Waals surface area (Å²) in [4.78, 5) is 12.1. The van der Waals surface area contributed by atoms with Crippen LogP contribution in [0, 0.1) is 17.5 Å². The van der Waals surface area contributed by atoms with Crippen LogP contribution in [0.4, 0.5) is 13.2 Å². The molecule has 1 aromatic carbocycles. The number of hydrogen-bond acceptors (Lipinski definition) is 3. The molecule has 25 heavy (non-hydrogen) atoms. The van der Waals surface area contributed by atoms with Crippen molar-refractivity contribution >= 4 is 11.0 Å². The van der Waals surface area contributed by atoms with Crippen LogP contribution in [-0.2, 0) is 0 Å². The quantitative estimate of drug-likeness (QED) is 0.692. The van der Waals surface area contributed by atoms with Crippen molar-refractivity contribution in [3.05, 3.63) is 47.7 Å². The molecule has 0 bridgehead atoms. The van der Waals surface area contributed by atoms with Crippen LogP contribution < -0.4 is 5.32 Å². The standard InChI is InChI=1S/C18H17F3N4/c1-9-4-10(2-3-22-9)18-23-8-16-15(25-18)7-14(24-16)11-5-12(19)17(21)13(20)6-11/h5-10,22,24H,2-4H2,1H3. The molecule has 3 aromatic rings. The molecule has 2 unspecified atom stereocenters. The third-order valence-electron chi connectivity index (χ3n) is 4.67. The van der Waals surface area contributed by atoms with Gasteiger partial charge in [0.15, 0.2) is 17.5 Å². The molecule has 3 heterocycles. The third kappa shape index (κ3) is 3.00. The Bertz CT molecular complexity index is 914. The molecule has 0 saturated carbocycles. The molecule has 7 heteroatoms. The van der Waals surface area contributed by atoms with Crippen LogP contribution in [0.1, 0.15) is 31.5 Å². The van der Waals surface area contributed by atoms with E-state index in [9.17, 15) is 13.2 Å². The summed E-state index contributed by atoms with van der Waals surface area (Å²) >= 11 is 0. The zero-order chi connectivity index (χ0) is 17.6. The fourth-order valence-corrected chi connectivity index (χ4v) is 3.36. The summed E-state index contributed by atoms with van der Waals surface area (Å²) < 4.78 is 40.1. The van der Waals surface area contributed by atoms with Gasteiger partial charge in [-0.2, -0.15) is 0 Å². The zero-order valence-corrected chi connectivity index (χ0v) is 13.6. The summed E-state index contributed by atoms with van der Waals surface area (Å²) in [5.41, 5.74) is 2.05. The average Bonchev–Trinajstić information content (AvgIpc) is 3.02. The normalized spacial score (nSPS) is 21.0. The Morgan fingerprint density at radius 1 is 1.12 bits per heavy atom. The van der Waals surface area contributed by atoms with Gasteiger partial charge in [0.2, 0.25) is 0 Å². The summed E-state index contributed by atoms with van der Waals surface area (Å²) in [5, 5.41) is 3.40. The van der Waals surface area contributed by atoms with Crippen LogP contribution in [0.3, 0.4) is 0 Å². The van der Waals surface area contributed by atoms with E-state index in [0.29, 0.717) is 28.7 Å². The Labute approximate surface area is 142 Å². The molecule has 1 saturated heterocycles. The first kappa shape index (κ1) is 16.1. The third-order valence-corrected chi connectivity index (χ3v) is 4.67. The number of nitrogens with zero attached hydrogens (tertiary/aromatic N) is 2. The van der Waals surface area contributed by atoms with E-state index in [1.165, 1.54) is 0 Å². The first-order chi connectivity index (χ1) is 12.0. The Balaban J connectivity index is 1.71. The van der Waals surface area contributed by atoms with Crippen molar-refractivity contribution in [2.24, 2.45) is 0 Å². The second-order valence-electron chi connectivity index (χ2n) is 6.54. The number of piperidine rings is 1. The summed E-state index contributed by atoms with van der Waals surface area (Å²) in [6.45, 7) is 3.07. The Kier molecular flexibility index (Phi) is 3.95. The molecule has 1 fully saturated rings. The molecule has 0 amide bonds. The van der Waals surface area contributed by atoms with Crippen molar-refractivity contribution in [1.82, 2.24) is 20.3 Å². The topological polar surface area (TPSA) is 53.6 Å². The molecule has 2 aromatic heterocycles. The van der Waals surface area contributed by atoms with Crippen LogP contribution in [0.25, 0.3) is 22.3 Å². The summed E-state index contributed by atoms with van der Waals surface area (Å²) in [6, 6.07) is 4.06. The molecule has 2 atom stereocenters. The minimum absolute atomic E-state index is 0.228. The minimum Gasteiger partial charge on any atom is -0.352 e. The Morgan fingerprint density at radius 3 is 2.60 bits per heavy atom. The highest BCUT2D eigenvalue weighted by molar-refractivity contribution is 5.82. The highest BCUT2D eigenvalue weighted by atomic mass is 19.2. The van der Waals surface area contributed by atoms with Crippen LogP contribution in [-0.4, -0.2) is 27.5 Å². The number of rotatable bonds is 2. The number of benzene rings is 1. The van der Waals surface area contributed by atoms with Crippen molar-refractivity contribution in [3.63, 3.8) is 0 Å². The second-order valence-corrected chi connectivity index (χ2v) is 6.54. The maximum atomic E-state index is 13.5. The predicted molar refractivity (Wildman–Crippen MR) is 88.6 cm³/mol. The van der Waals surface area contributed by atoms with Gasteiger partial charge in [-0.1, -0.05) is 0 Å². The van der Waals surface area contributed by atoms with Crippen molar-refractivity contribution in [1.29, 1.82) is 0 Å². The van der Waals surface area contributed by atoms with Gasteiger partial charge in [0.1, 0.15) is 5.82 Å². The summed E-state index contributed by atoms with van der Waals surface area (Å²) in [6.07, 6.45) is 3.63. The van der Waals surface area contributed by atoms with Gasteiger partial charge in [-0.3, -0.25) is 0 Å². The molecule has 2 N–H and O–H groups in total. The SMILES string of the molecule is CC1CC(c2ncc3[nH]c(-c4cc(F)c(F)c(F)c4)cc3n2)CCN1. The molecule has 130 valence electrons. The number of aromatic nitrogens is 3. The van der Waals surface area contributed by atoms with Crippen molar-refractivity contribution in [2.75, 3.05) is 6.54 Å². The van der Waals surface area contributed by atoms with Crippen molar-refractivity contribution in [3.8, 4) is 11.3 Å². The lowest BCUT2D eigenvalue weighted by Crippen LogP contribution is -2.35. The van der Waals surface area contributed by atoms with E-state index in [1.54, 1.807) is 12.3 Å². The van der Waals surface area contributed by atoms with E-state index in [-0.39, 0.29) is 5.56 Å². The van der Waals surface area contributed by atoms with Gasteiger partial charge in [0.25, 0.3) is 0 Å². The van der Waals surface area contributed by atoms with E-state index in [1.807, 2.05) is 0 Å². The highest BCUT2D eigenvalue weighted by Crippen LogP contribution is 2.29. The van der Waals surface area contributed by atoms with Gasteiger partial charge in [0, 0.05) is 23.2 Å². The van der Waals surface area contributed by atoms with Gasteiger partial charge in [0.05, 0.1) is 17.2 Å². The molecular weight excluding hydrogens is 329 g/mol. The lowest BCUT2D eigenvalue weighted by atomic mass is 9.92. The van der Waals surface area contributed by atoms with Crippen LogP contribution >= 0.6 is 0 Å². The van der Waals surface area contributed by atoms with E-state index in [0.717, 1.165) is 37.3 Å². The predicted octanol–water partition coefficient (Wildman–Crippen LogP) is 3.90. The number of nitrogens with one attached hydrogen (secondary N) is 2. The maximum Gasteiger partial charge on any atom is 0.194 e. The van der Waals surface area contributed by atoms with Gasteiger partial charge in [-0.25, -0.2) is 23.1 Å². The molecule has 1 aliphatic heterocycles. The molecule has 0 radical (unpaired) electrons. The number of fused-ring (bicyclic) bond motifs is 1. The number of halogens is 3. The van der Waals surface area contributed by atoms with Crippen molar-refractivity contribution < 1.29 is 13.2 Å². The molecule has 4 nitrogen and oxygen atoms in total. The fourth-order valence-electron chi connectivity index (χ4n) is 3.36. The summed E-state index contributed by atoms with van der Waals surface area (Å²) in [7, 11) is 0. The van der Waals surface area contributed by atoms with Gasteiger partial charge < -0.3 is 10.3 Å². The van der Waals surface area contributed by atoms with Crippen LogP contribution in [0.5, 0.6) is 0 Å². The van der Waals surface area contributed by atoms with Crippen LogP contribution in [0.2, 0.25) is 0 Å². The molecule has 0 spiro atoms. The Morgan fingerprint density at radius 2 is 1.88 bits per heavy atom. The van der Waals surface area contributed by atoms with Gasteiger partial charge in [-0.05, 0) is 44.5 Å². The molecule has 4 rings (SSSR count). The molecule has 1 aliphatic rings. The smallest absolute Gasteiger partial charge is 0.194 e. The van der Waals surface area contributed by atoms with E-state index in [4.69, 9.17) is 0 Å². The summed E-state index contributed by atoms with van der Waals surface area (Å²) in [5.74, 6) is -2.84. The van der Waals surface area contributed by atoms with E-state index >= 15 is 0 Å². The lowest BCUT2D eigenvalue weighted by Gasteiger charge is -2.26. The van der Waals surface area contributed by atoms with Crippen LogP contribution in [0.15, 0.2) is 24.4 Å².